The van der Waals surface area contributed by atoms with Crippen molar-refractivity contribution in [2.24, 2.45) is 5.92 Å². The fourth-order valence-corrected chi connectivity index (χ4v) is 2.11. The van der Waals surface area contributed by atoms with E-state index in [0.29, 0.717) is 6.61 Å². The Labute approximate surface area is 92.1 Å². The van der Waals surface area contributed by atoms with Crippen LogP contribution >= 0.6 is 0 Å². The van der Waals surface area contributed by atoms with E-state index in [2.05, 4.69) is 6.92 Å². The Kier molecular flexibility index (Phi) is 5.09. The monoisotopic (exact) mass is 214 g/mol. The molecule has 1 fully saturated rings. The minimum absolute atomic E-state index is 0.240. The van der Waals surface area contributed by atoms with Gasteiger partial charge in [-0.05, 0) is 32.6 Å². The second-order valence-corrected chi connectivity index (χ2v) is 4.42. The predicted molar refractivity (Wildman–Crippen MR) is 58.6 cm³/mol. The van der Waals surface area contributed by atoms with Crippen molar-refractivity contribution in [3.63, 3.8) is 0 Å². The van der Waals surface area contributed by atoms with Gasteiger partial charge in [-0.2, -0.15) is 0 Å². The third kappa shape index (κ3) is 4.20. The van der Waals surface area contributed by atoms with Gasteiger partial charge in [-0.15, -0.1) is 0 Å². The Morgan fingerprint density at radius 1 is 1.47 bits per heavy atom. The fraction of sp³-hybridized carbons (Fsp3) is 0.917. The van der Waals surface area contributed by atoms with E-state index < -0.39 is 6.10 Å². The van der Waals surface area contributed by atoms with Gasteiger partial charge in [0, 0.05) is 0 Å². The van der Waals surface area contributed by atoms with Crippen molar-refractivity contribution in [1.82, 2.24) is 0 Å². The molecule has 0 aromatic carbocycles. The molecule has 0 amide bonds. The summed E-state index contributed by atoms with van der Waals surface area (Å²) in [5.74, 6) is 0.480. The van der Waals surface area contributed by atoms with Crippen molar-refractivity contribution in [1.29, 1.82) is 0 Å². The molecule has 0 saturated heterocycles. The number of rotatable bonds is 4. The maximum atomic E-state index is 11.4. The van der Waals surface area contributed by atoms with Gasteiger partial charge in [0.15, 0.2) is 6.10 Å². The molecule has 1 aliphatic carbocycles. The predicted octanol–water partition coefficient (Wildman–Crippen LogP) is 2.53. The SMILES string of the molecule is CCOC(=O)C(C)OC1CCCC(C)C1. The number of hydrogen-bond donors (Lipinski definition) is 0. The number of carbonyl (C=O) groups excluding carboxylic acids is 1. The molecule has 1 saturated carbocycles. The summed E-state index contributed by atoms with van der Waals surface area (Å²) < 4.78 is 10.6. The van der Waals surface area contributed by atoms with Crippen molar-refractivity contribution in [3.05, 3.63) is 0 Å². The zero-order valence-electron chi connectivity index (χ0n) is 9.99. The zero-order chi connectivity index (χ0) is 11.3. The molecule has 0 N–H and O–H groups in total. The van der Waals surface area contributed by atoms with Crippen molar-refractivity contribution in [2.75, 3.05) is 6.61 Å². The second-order valence-electron chi connectivity index (χ2n) is 4.42. The quantitative estimate of drug-likeness (QED) is 0.675. The van der Waals surface area contributed by atoms with E-state index in [0.717, 1.165) is 18.8 Å². The van der Waals surface area contributed by atoms with Crippen LogP contribution < -0.4 is 0 Å². The first-order valence-corrected chi connectivity index (χ1v) is 5.95. The van der Waals surface area contributed by atoms with Gasteiger partial charge in [0.2, 0.25) is 0 Å². The van der Waals surface area contributed by atoms with Crippen LogP contribution in [-0.4, -0.2) is 24.8 Å². The average Bonchev–Trinajstić information content (AvgIpc) is 2.18. The number of ether oxygens (including phenoxy) is 2. The topological polar surface area (TPSA) is 35.5 Å². The first-order chi connectivity index (χ1) is 7.13. The van der Waals surface area contributed by atoms with Crippen LogP contribution in [0.15, 0.2) is 0 Å². The van der Waals surface area contributed by atoms with Crippen LogP contribution in [0.2, 0.25) is 0 Å². The highest BCUT2D eigenvalue weighted by molar-refractivity contribution is 5.74. The summed E-state index contributed by atoms with van der Waals surface area (Å²) in [6.07, 6.45) is 4.47. The minimum atomic E-state index is -0.416. The largest absolute Gasteiger partial charge is 0.464 e. The van der Waals surface area contributed by atoms with Crippen LogP contribution in [0.3, 0.4) is 0 Å². The Morgan fingerprint density at radius 2 is 2.20 bits per heavy atom. The summed E-state index contributed by atoms with van der Waals surface area (Å²) in [4.78, 5) is 11.4. The number of carbonyl (C=O) groups is 1. The first kappa shape index (κ1) is 12.5. The van der Waals surface area contributed by atoms with Crippen molar-refractivity contribution in [2.45, 2.75) is 58.7 Å². The molecule has 3 nitrogen and oxygen atoms in total. The average molecular weight is 214 g/mol. The van der Waals surface area contributed by atoms with Crippen LogP contribution in [0.25, 0.3) is 0 Å². The van der Waals surface area contributed by atoms with Crippen LogP contribution in [-0.2, 0) is 14.3 Å². The van der Waals surface area contributed by atoms with E-state index in [1.807, 2.05) is 6.92 Å². The second kappa shape index (κ2) is 6.11. The summed E-state index contributed by atoms with van der Waals surface area (Å²) >= 11 is 0. The third-order valence-corrected chi connectivity index (χ3v) is 2.90. The molecule has 3 heteroatoms. The van der Waals surface area contributed by atoms with Crippen LogP contribution in [0, 0.1) is 5.92 Å². The van der Waals surface area contributed by atoms with Crippen LogP contribution in [0.5, 0.6) is 0 Å². The lowest BCUT2D eigenvalue weighted by Gasteiger charge is -2.28. The summed E-state index contributed by atoms with van der Waals surface area (Å²) in [7, 11) is 0. The molecule has 15 heavy (non-hydrogen) atoms. The molecule has 3 atom stereocenters. The van der Waals surface area contributed by atoms with E-state index in [9.17, 15) is 4.79 Å². The fourth-order valence-electron chi connectivity index (χ4n) is 2.11. The standard InChI is InChI=1S/C12H22O3/c1-4-14-12(13)10(3)15-11-7-5-6-9(2)8-11/h9-11H,4-8H2,1-3H3. The Balaban J connectivity index is 2.30. The highest BCUT2D eigenvalue weighted by atomic mass is 16.6. The minimum Gasteiger partial charge on any atom is -0.464 e. The first-order valence-electron chi connectivity index (χ1n) is 5.95. The summed E-state index contributed by atoms with van der Waals surface area (Å²) in [6, 6.07) is 0. The van der Waals surface area contributed by atoms with E-state index in [1.165, 1.54) is 12.8 Å². The molecule has 0 aliphatic heterocycles. The molecular formula is C12H22O3. The highest BCUT2D eigenvalue weighted by Gasteiger charge is 2.24. The number of hydrogen-bond acceptors (Lipinski definition) is 3. The Bertz CT molecular complexity index is 203. The third-order valence-electron chi connectivity index (χ3n) is 2.90. The molecule has 1 rings (SSSR count). The molecule has 0 radical (unpaired) electrons. The van der Waals surface area contributed by atoms with Gasteiger partial charge in [-0.25, -0.2) is 4.79 Å². The van der Waals surface area contributed by atoms with Gasteiger partial charge < -0.3 is 9.47 Å². The zero-order valence-corrected chi connectivity index (χ0v) is 9.99. The van der Waals surface area contributed by atoms with Gasteiger partial charge >= 0.3 is 5.97 Å². The molecule has 0 spiro atoms. The van der Waals surface area contributed by atoms with Crippen molar-refractivity contribution < 1.29 is 14.3 Å². The highest BCUT2D eigenvalue weighted by Crippen LogP contribution is 2.26. The molecular weight excluding hydrogens is 192 g/mol. The lowest BCUT2D eigenvalue weighted by molar-refractivity contribution is -0.160. The van der Waals surface area contributed by atoms with Gasteiger partial charge in [-0.3, -0.25) is 0 Å². The lowest BCUT2D eigenvalue weighted by atomic mass is 9.88. The summed E-state index contributed by atoms with van der Waals surface area (Å²) in [5.41, 5.74) is 0. The van der Waals surface area contributed by atoms with Gasteiger partial charge in [-0.1, -0.05) is 19.8 Å². The molecule has 0 aromatic rings. The van der Waals surface area contributed by atoms with Gasteiger partial charge in [0.05, 0.1) is 12.7 Å². The lowest BCUT2D eigenvalue weighted by Crippen LogP contribution is -2.31. The Hall–Kier alpha value is -0.570. The molecule has 1 aliphatic rings. The van der Waals surface area contributed by atoms with E-state index in [1.54, 1.807) is 6.92 Å². The molecule has 0 bridgehead atoms. The molecule has 88 valence electrons. The van der Waals surface area contributed by atoms with Crippen molar-refractivity contribution in [3.8, 4) is 0 Å². The number of esters is 1. The normalized spacial score (nSPS) is 28.5. The summed E-state index contributed by atoms with van der Waals surface area (Å²) in [5, 5.41) is 0. The molecule has 0 heterocycles. The van der Waals surface area contributed by atoms with Gasteiger partial charge in [0.1, 0.15) is 0 Å². The Morgan fingerprint density at radius 3 is 2.80 bits per heavy atom. The van der Waals surface area contributed by atoms with Crippen molar-refractivity contribution >= 4 is 5.97 Å². The molecule has 0 aromatic heterocycles. The van der Waals surface area contributed by atoms with Gasteiger partial charge in [0.25, 0.3) is 0 Å². The smallest absolute Gasteiger partial charge is 0.334 e. The van der Waals surface area contributed by atoms with Crippen LogP contribution in [0.1, 0.15) is 46.5 Å². The summed E-state index contributed by atoms with van der Waals surface area (Å²) in [6.45, 7) is 6.25. The maximum absolute atomic E-state index is 11.4. The maximum Gasteiger partial charge on any atom is 0.334 e. The molecule has 3 unspecified atom stereocenters. The van der Waals surface area contributed by atoms with E-state index >= 15 is 0 Å². The van der Waals surface area contributed by atoms with E-state index in [4.69, 9.17) is 9.47 Å². The van der Waals surface area contributed by atoms with Crippen LogP contribution in [0.4, 0.5) is 0 Å². The van der Waals surface area contributed by atoms with E-state index in [-0.39, 0.29) is 12.1 Å².